The Balaban J connectivity index is 2.33. The quantitative estimate of drug-likeness (QED) is 0.913. The minimum atomic E-state index is -0.218. The molecular formula is C15H20FN3O. The lowest BCUT2D eigenvalue weighted by Crippen LogP contribution is -2.22. The SMILES string of the molecule is COCC(C)Nc1nc(C)cn1-c1ccc(C)c(F)c1. The van der Waals surface area contributed by atoms with Crippen LogP contribution in [0.25, 0.3) is 5.69 Å². The van der Waals surface area contributed by atoms with Crippen LogP contribution in [-0.2, 0) is 4.74 Å². The van der Waals surface area contributed by atoms with Gasteiger partial charge in [0, 0.05) is 19.3 Å². The van der Waals surface area contributed by atoms with E-state index in [1.165, 1.54) is 6.07 Å². The van der Waals surface area contributed by atoms with Crippen LogP contribution in [0.1, 0.15) is 18.2 Å². The van der Waals surface area contributed by atoms with Gasteiger partial charge in [0.25, 0.3) is 0 Å². The molecule has 108 valence electrons. The molecule has 1 unspecified atom stereocenters. The molecule has 0 saturated carbocycles. The topological polar surface area (TPSA) is 39.1 Å². The number of anilines is 1. The molecule has 0 aliphatic carbocycles. The van der Waals surface area contributed by atoms with Crippen LogP contribution in [0.4, 0.5) is 10.3 Å². The molecule has 1 N–H and O–H groups in total. The van der Waals surface area contributed by atoms with Crippen molar-refractivity contribution in [2.75, 3.05) is 19.0 Å². The number of methoxy groups -OCH3 is 1. The Kier molecular flexibility index (Phi) is 4.39. The number of imidazole rings is 1. The fourth-order valence-electron chi connectivity index (χ4n) is 2.04. The summed E-state index contributed by atoms with van der Waals surface area (Å²) in [6.45, 7) is 6.24. The molecule has 0 aliphatic rings. The second kappa shape index (κ2) is 6.05. The predicted molar refractivity (Wildman–Crippen MR) is 78.0 cm³/mol. The van der Waals surface area contributed by atoms with Gasteiger partial charge in [-0.05, 0) is 38.5 Å². The van der Waals surface area contributed by atoms with Gasteiger partial charge in [0.15, 0.2) is 0 Å². The van der Waals surface area contributed by atoms with Crippen LogP contribution in [-0.4, -0.2) is 29.3 Å². The molecule has 0 radical (unpaired) electrons. The van der Waals surface area contributed by atoms with Crippen molar-refractivity contribution in [1.82, 2.24) is 9.55 Å². The second-order valence-electron chi connectivity index (χ2n) is 5.01. The van der Waals surface area contributed by atoms with Gasteiger partial charge in [-0.15, -0.1) is 0 Å². The van der Waals surface area contributed by atoms with Crippen LogP contribution in [0.2, 0.25) is 0 Å². The number of benzene rings is 1. The van der Waals surface area contributed by atoms with Crippen molar-refractivity contribution in [3.8, 4) is 5.69 Å². The Morgan fingerprint density at radius 1 is 1.40 bits per heavy atom. The maximum Gasteiger partial charge on any atom is 0.208 e. The van der Waals surface area contributed by atoms with Gasteiger partial charge in [-0.25, -0.2) is 9.37 Å². The molecule has 0 saturated heterocycles. The molecular weight excluding hydrogens is 257 g/mol. The highest BCUT2D eigenvalue weighted by Gasteiger charge is 2.11. The first kappa shape index (κ1) is 14.5. The summed E-state index contributed by atoms with van der Waals surface area (Å²) in [5.74, 6) is 0.472. The largest absolute Gasteiger partial charge is 0.383 e. The number of nitrogens with one attached hydrogen (secondary N) is 1. The Morgan fingerprint density at radius 3 is 2.80 bits per heavy atom. The van der Waals surface area contributed by atoms with Crippen molar-refractivity contribution in [2.24, 2.45) is 0 Å². The van der Waals surface area contributed by atoms with Crippen LogP contribution >= 0.6 is 0 Å². The maximum atomic E-state index is 13.7. The standard InChI is InChI=1S/C15H20FN3O/c1-10-5-6-13(7-14(10)16)19-8-11(2)17-15(19)18-12(3)9-20-4/h5-8,12H,9H2,1-4H3,(H,17,18). The van der Waals surface area contributed by atoms with Gasteiger partial charge >= 0.3 is 0 Å². The van der Waals surface area contributed by atoms with Crippen molar-refractivity contribution in [1.29, 1.82) is 0 Å². The predicted octanol–water partition coefficient (Wildman–Crippen LogP) is 3.08. The van der Waals surface area contributed by atoms with Crippen molar-refractivity contribution in [2.45, 2.75) is 26.8 Å². The van der Waals surface area contributed by atoms with Crippen LogP contribution < -0.4 is 5.32 Å². The van der Waals surface area contributed by atoms with Crippen molar-refractivity contribution >= 4 is 5.95 Å². The Bertz CT molecular complexity index is 595. The Morgan fingerprint density at radius 2 is 2.15 bits per heavy atom. The lowest BCUT2D eigenvalue weighted by atomic mass is 10.2. The molecule has 1 aromatic heterocycles. The van der Waals surface area contributed by atoms with E-state index in [9.17, 15) is 4.39 Å². The minimum absolute atomic E-state index is 0.121. The van der Waals surface area contributed by atoms with E-state index in [0.717, 1.165) is 11.4 Å². The number of nitrogens with zero attached hydrogens (tertiary/aromatic N) is 2. The van der Waals surface area contributed by atoms with E-state index in [2.05, 4.69) is 10.3 Å². The van der Waals surface area contributed by atoms with E-state index in [1.807, 2.05) is 30.7 Å². The highest BCUT2D eigenvalue weighted by Crippen LogP contribution is 2.19. The molecule has 1 atom stereocenters. The fraction of sp³-hybridized carbons (Fsp3) is 0.400. The zero-order chi connectivity index (χ0) is 14.7. The summed E-state index contributed by atoms with van der Waals surface area (Å²) in [4.78, 5) is 4.44. The third-order valence-corrected chi connectivity index (χ3v) is 3.05. The van der Waals surface area contributed by atoms with Crippen molar-refractivity contribution in [3.63, 3.8) is 0 Å². The normalized spacial score (nSPS) is 12.4. The lowest BCUT2D eigenvalue weighted by molar-refractivity contribution is 0.190. The molecule has 20 heavy (non-hydrogen) atoms. The number of rotatable bonds is 5. The molecule has 0 aliphatic heterocycles. The summed E-state index contributed by atoms with van der Waals surface area (Å²) in [6, 6.07) is 5.28. The van der Waals surface area contributed by atoms with E-state index in [4.69, 9.17) is 4.74 Å². The van der Waals surface area contributed by atoms with Gasteiger partial charge in [0.1, 0.15) is 5.82 Å². The molecule has 2 rings (SSSR count). The first-order valence-corrected chi connectivity index (χ1v) is 6.59. The Labute approximate surface area is 118 Å². The average Bonchev–Trinajstić information content (AvgIpc) is 2.74. The number of aromatic nitrogens is 2. The first-order valence-electron chi connectivity index (χ1n) is 6.59. The van der Waals surface area contributed by atoms with E-state index in [0.29, 0.717) is 18.1 Å². The number of hydrogen-bond donors (Lipinski definition) is 1. The lowest BCUT2D eigenvalue weighted by Gasteiger charge is -2.15. The van der Waals surface area contributed by atoms with E-state index in [-0.39, 0.29) is 11.9 Å². The van der Waals surface area contributed by atoms with Gasteiger partial charge in [-0.3, -0.25) is 4.57 Å². The summed E-state index contributed by atoms with van der Waals surface area (Å²) in [7, 11) is 1.66. The van der Waals surface area contributed by atoms with Crippen LogP contribution in [0, 0.1) is 19.7 Å². The smallest absolute Gasteiger partial charge is 0.208 e. The number of ether oxygens (including phenoxy) is 1. The average molecular weight is 277 g/mol. The minimum Gasteiger partial charge on any atom is -0.383 e. The highest BCUT2D eigenvalue weighted by atomic mass is 19.1. The fourth-order valence-corrected chi connectivity index (χ4v) is 2.04. The van der Waals surface area contributed by atoms with Crippen LogP contribution in [0.3, 0.4) is 0 Å². The summed E-state index contributed by atoms with van der Waals surface area (Å²) in [5.41, 5.74) is 2.26. The van der Waals surface area contributed by atoms with Crippen molar-refractivity contribution in [3.05, 3.63) is 41.5 Å². The van der Waals surface area contributed by atoms with Gasteiger partial charge in [0.05, 0.1) is 18.0 Å². The molecule has 0 spiro atoms. The molecule has 2 aromatic rings. The molecule has 1 aromatic carbocycles. The summed E-state index contributed by atoms with van der Waals surface area (Å²) in [5, 5.41) is 3.27. The monoisotopic (exact) mass is 277 g/mol. The molecule has 5 heteroatoms. The number of halogens is 1. The zero-order valence-corrected chi connectivity index (χ0v) is 12.3. The first-order chi connectivity index (χ1) is 9.51. The molecule has 0 amide bonds. The third-order valence-electron chi connectivity index (χ3n) is 3.05. The molecule has 0 fully saturated rings. The summed E-state index contributed by atoms with van der Waals surface area (Å²) in [6.07, 6.45) is 1.88. The third kappa shape index (κ3) is 3.17. The molecule has 4 nitrogen and oxygen atoms in total. The maximum absolute atomic E-state index is 13.7. The molecule has 0 bridgehead atoms. The van der Waals surface area contributed by atoms with E-state index >= 15 is 0 Å². The van der Waals surface area contributed by atoms with Gasteiger partial charge in [-0.2, -0.15) is 0 Å². The molecule has 1 heterocycles. The van der Waals surface area contributed by atoms with Gasteiger partial charge in [-0.1, -0.05) is 6.07 Å². The number of hydrogen-bond acceptors (Lipinski definition) is 3. The Hall–Kier alpha value is -1.88. The summed E-state index contributed by atoms with van der Waals surface area (Å²) < 4.78 is 20.7. The van der Waals surface area contributed by atoms with Crippen LogP contribution in [0.15, 0.2) is 24.4 Å². The zero-order valence-electron chi connectivity index (χ0n) is 12.3. The van der Waals surface area contributed by atoms with Gasteiger partial charge < -0.3 is 10.1 Å². The second-order valence-corrected chi connectivity index (χ2v) is 5.01. The van der Waals surface area contributed by atoms with Gasteiger partial charge in [0.2, 0.25) is 5.95 Å². The highest BCUT2D eigenvalue weighted by molar-refractivity contribution is 5.44. The number of aryl methyl sites for hydroxylation is 2. The van der Waals surface area contributed by atoms with E-state index < -0.39 is 0 Å². The van der Waals surface area contributed by atoms with Crippen molar-refractivity contribution < 1.29 is 9.13 Å². The van der Waals surface area contributed by atoms with Crippen LogP contribution in [0.5, 0.6) is 0 Å². The van der Waals surface area contributed by atoms with E-state index in [1.54, 1.807) is 20.1 Å². The summed E-state index contributed by atoms with van der Waals surface area (Å²) >= 11 is 0.